The van der Waals surface area contributed by atoms with Crippen molar-refractivity contribution in [3.05, 3.63) is 27.9 Å². The summed E-state index contributed by atoms with van der Waals surface area (Å²) >= 11 is 7.04. The van der Waals surface area contributed by atoms with E-state index in [2.05, 4.69) is 19.7 Å². The zero-order valence-electron chi connectivity index (χ0n) is 9.12. The number of ether oxygens (including phenoxy) is 1. The van der Waals surface area contributed by atoms with Crippen LogP contribution in [0.2, 0.25) is 5.15 Å². The molecular weight excluding hydrogens is 276 g/mol. The molecule has 6 nitrogen and oxygen atoms in total. The predicted octanol–water partition coefficient (Wildman–Crippen LogP) is 1.43. The summed E-state index contributed by atoms with van der Waals surface area (Å²) < 4.78 is 4.65. The Morgan fingerprint density at radius 1 is 1.44 bits per heavy atom. The molecule has 0 aromatic carbocycles. The van der Waals surface area contributed by atoms with Gasteiger partial charge in [-0.05, 0) is 0 Å². The molecule has 0 aliphatic carbocycles. The van der Waals surface area contributed by atoms with Gasteiger partial charge in [0.2, 0.25) is 0 Å². The van der Waals surface area contributed by atoms with Crippen LogP contribution in [0.5, 0.6) is 0 Å². The monoisotopic (exact) mass is 284 g/mol. The predicted molar refractivity (Wildman–Crippen MR) is 67.1 cm³/mol. The van der Waals surface area contributed by atoms with E-state index in [9.17, 15) is 4.79 Å². The number of nitrogens with two attached hydrogens (primary N) is 1. The average Bonchev–Trinajstić information content (AvgIpc) is 2.86. The van der Waals surface area contributed by atoms with Crippen molar-refractivity contribution >= 4 is 29.4 Å². The zero-order chi connectivity index (χ0) is 13.0. The van der Waals surface area contributed by atoms with E-state index in [0.717, 1.165) is 4.88 Å². The Morgan fingerprint density at radius 3 is 2.94 bits per heavy atom. The van der Waals surface area contributed by atoms with Gasteiger partial charge in [0.1, 0.15) is 23.1 Å². The first-order valence-corrected chi connectivity index (χ1v) is 6.20. The van der Waals surface area contributed by atoms with Crippen molar-refractivity contribution in [1.82, 2.24) is 15.0 Å². The van der Waals surface area contributed by atoms with Crippen molar-refractivity contribution in [2.75, 3.05) is 6.61 Å². The van der Waals surface area contributed by atoms with Crippen molar-refractivity contribution in [3.63, 3.8) is 0 Å². The van der Waals surface area contributed by atoms with E-state index in [1.165, 1.54) is 23.7 Å². The molecule has 0 fully saturated rings. The van der Waals surface area contributed by atoms with Gasteiger partial charge in [0.25, 0.3) is 6.47 Å². The van der Waals surface area contributed by atoms with Crippen LogP contribution in [0.15, 0.2) is 17.9 Å². The van der Waals surface area contributed by atoms with Crippen LogP contribution in [0.1, 0.15) is 10.9 Å². The maximum atomic E-state index is 10.1. The number of halogens is 1. The number of hydrogen-bond acceptors (Lipinski definition) is 7. The Hall–Kier alpha value is -1.57. The van der Waals surface area contributed by atoms with Gasteiger partial charge < -0.3 is 10.5 Å². The van der Waals surface area contributed by atoms with Crippen LogP contribution in [0.3, 0.4) is 0 Å². The minimum Gasteiger partial charge on any atom is -0.466 e. The molecule has 1 atom stereocenters. The molecule has 2 rings (SSSR count). The number of hydrogen-bond donors (Lipinski definition) is 1. The minimum atomic E-state index is -0.435. The Bertz CT molecular complexity index is 531. The van der Waals surface area contributed by atoms with Gasteiger partial charge in [0.15, 0.2) is 0 Å². The quantitative estimate of drug-likeness (QED) is 0.835. The van der Waals surface area contributed by atoms with Crippen LogP contribution in [0.4, 0.5) is 0 Å². The lowest BCUT2D eigenvalue weighted by Crippen LogP contribution is -2.16. The van der Waals surface area contributed by atoms with Crippen LogP contribution in [-0.2, 0) is 9.53 Å². The molecule has 0 bridgehead atoms. The maximum Gasteiger partial charge on any atom is 0.293 e. The fraction of sp³-hybridized carbons (Fsp3) is 0.200. The highest BCUT2D eigenvalue weighted by molar-refractivity contribution is 7.10. The van der Waals surface area contributed by atoms with Gasteiger partial charge in [-0.3, -0.25) is 4.79 Å². The number of rotatable bonds is 5. The first-order valence-electron chi connectivity index (χ1n) is 4.94. The number of carbonyl (C=O) groups excluding carboxylic acids is 1. The molecule has 0 saturated carbocycles. The average molecular weight is 285 g/mol. The third-order valence-electron chi connectivity index (χ3n) is 2.14. The van der Waals surface area contributed by atoms with Gasteiger partial charge in [0.05, 0.1) is 28.8 Å². The maximum absolute atomic E-state index is 10.1. The molecule has 94 valence electrons. The fourth-order valence-corrected chi connectivity index (χ4v) is 2.24. The second kappa shape index (κ2) is 5.85. The van der Waals surface area contributed by atoms with Crippen molar-refractivity contribution in [3.8, 4) is 11.4 Å². The summed E-state index contributed by atoms with van der Waals surface area (Å²) in [6.07, 6.45) is 2.96. The SMILES string of the molecule is NC(COC=O)c1scnc1-c1cnc(Cl)cn1. The summed E-state index contributed by atoms with van der Waals surface area (Å²) in [5, 5.41) is 0.309. The molecule has 0 radical (unpaired) electrons. The Kier molecular flexibility index (Phi) is 4.19. The molecule has 2 N–H and O–H groups in total. The Balaban J connectivity index is 2.26. The highest BCUT2D eigenvalue weighted by Crippen LogP contribution is 2.28. The topological polar surface area (TPSA) is 91.0 Å². The molecule has 2 heterocycles. The van der Waals surface area contributed by atoms with E-state index >= 15 is 0 Å². The van der Waals surface area contributed by atoms with Crippen LogP contribution in [0.25, 0.3) is 11.4 Å². The van der Waals surface area contributed by atoms with Crippen LogP contribution >= 0.6 is 22.9 Å². The molecule has 18 heavy (non-hydrogen) atoms. The zero-order valence-corrected chi connectivity index (χ0v) is 10.7. The summed E-state index contributed by atoms with van der Waals surface area (Å²) in [6, 6.07) is -0.435. The third-order valence-corrected chi connectivity index (χ3v) is 3.29. The lowest BCUT2D eigenvalue weighted by molar-refractivity contribution is -0.129. The van der Waals surface area contributed by atoms with Gasteiger partial charge >= 0.3 is 0 Å². The number of thiazole rings is 1. The molecule has 2 aromatic heterocycles. The lowest BCUT2D eigenvalue weighted by Gasteiger charge is -2.09. The standard InChI is InChI=1S/C10H9ClN4O2S/c11-8-2-13-7(1-14-8)9-10(18-4-15-9)6(12)3-17-5-16/h1-2,4-6H,3,12H2. The van der Waals surface area contributed by atoms with Gasteiger partial charge in [-0.25, -0.2) is 15.0 Å². The normalized spacial score (nSPS) is 12.1. The Morgan fingerprint density at radius 2 is 2.28 bits per heavy atom. The van der Waals surface area contributed by atoms with Crippen molar-refractivity contribution in [2.45, 2.75) is 6.04 Å². The summed E-state index contributed by atoms with van der Waals surface area (Å²) in [5.74, 6) is 0. The fourth-order valence-electron chi connectivity index (χ4n) is 1.36. The highest BCUT2D eigenvalue weighted by Gasteiger charge is 2.17. The van der Waals surface area contributed by atoms with Crippen molar-refractivity contribution in [2.24, 2.45) is 5.73 Å². The molecule has 8 heteroatoms. The van der Waals surface area contributed by atoms with E-state index in [4.69, 9.17) is 17.3 Å². The summed E-state index contributed by atoms with van der Waals surface area (Å²) in [7, 11) is 0. The van der Waals surface area contributed by atoms with Gasteiger partial charge in [-0.15, -0.1) is 11.3 Å². The van der Waals surface area contributed by atoms with Crippen molar-refractivity contribution < 1.29 is 9.53 Å². The van der Waals surface area contributed by atoms with E-state index in [-0.39, 0.29) is 6.61 Å². The van der Waals surface area contributed by atoms with Crippen LogP contribution in [-0.4, -0.2) is 28.0 Å². The second-order valence-corrected chi connectivity index (χ2v) is 4.60. The molecule has 1 unspecified atom stereocenters. The highest BCUT2D eigenvalue weighted by atomic mass is 35.5. The number of nitrogens with zero attached hydrogens (tertiary/aromatic N) is 3. The van der Waals surface area contributed by atoms with E-state index in [0.29, 0.717) is 23.0 Å². The largest absolute Gasteiger partial charge is 0.466 e. The first kappa shape index (κ1) is 12.9. The summed E-state index contributed by atoms with van der Waals surface area (Å²) in [4.78, 5) is 23.2. The van der Waals surface area contributed by atoms with Crippen LogP contribution < -0.4 is 5.73 Å². The van der Waals surface area contributed by atoms with E-state index in [1.807, 2.05) is 0 Å². The molecule has 0 amide bonds. The second-order valence-electron chi connectivity index (χ2n) is 3.33. The molecule has 2 aromatic rings. The van der Waals surface area contributed by atoms with Crippen LogP contribution in [0, 0.1) is 0 Å². The first-order chi connectivity index (χ1) is 8.72. The summed E-state index contributed by atoms with van der Waals surface area (Å²) in [5.41, 5.74) is 8.77. The molecular formula is C10H9ClN4O2S. The number of carbonyl (C=O) groups is 1. The molecule has 0 aliphatic rings. The number of aromatic nitrogens is 3. The van der Waals surface area contributed by atoms with E-state index in [1.54, 1.807) is 5.51 Å². The minimum absolute atomic E-state index is 0.0969. The lowest BCUT2D eigenvalue weighted by atomic mass is 10.2. The van der Waals surface area contributed by atoms with Crippen molar-refractivity contribution in [1.29, 1.82) is 0 Å². The molecule has 0 spiro atoms. The third kappa shape index (κ3) is 2.81. The molecule has 0 aliphatic heterocycles. The summed E-state index contributed by atoms with van der Waals surface area (Å²) in [6.45, 7) is 0.461. The molecule has 0 saturated heterocycles. The van der Waals surface area contributed by atoms with Gasteiger partial charge in [-0.1, -0.05) is 11.6 Å². The van der Waals surface area contributed by atoms with E-state index < -0.39 is 6.04 Å². The smallest absolute Gasteiger partial charge is 0.293 e. The van der Waals surface area contributed by atoms with Gasteiger partial charge in [-0.2, -0.15) is 0 Å². The van der Waals surface area contributed by atoms with Gasteiger partial charge in [0, 0.05) is 0 Å². The Labute approximate surface area is 112 Å².